The summed E-state index contributed by atoms with van der Waals surface area (Å²) in [7, 11) is 1.74. The van der Waals surface area contributed by atoms with Gasteiger partial charge in [0.05, 0.1) is 23.1 Å². The molecule has 4 fully saturated rings. The molecule has 4 saturated heterocycles. The van der Waals surface area contributed by atoms with Crippen LogP contribution in [-0.2, 0) is 4.74 Å². The first kappa shape index (κ1) is 29.3. The number of nitrogens with one attached hydrogen (secondary N) is 1. The second kappa shape index (κ2) is 11.3. The minimum absolute atomic E-state index is 0.0267. The highest BCUT2D eigenvalue weighted by Gasteiger charge is 2.49. The molecular weight excluding hydrogens is 590 g/mol. The van der Waals surface area contributed by atoms with E-state index in [1.165, 1.54) is 24.3 Å². The molecule has 2 bridgehead atoms. The van der Waals surface area contributed by atoms with E-state index in [1.807, 2.05) is 0 Å². The van der Waals surface area contributed by atoms with E-state index in [9.17, 15) is 9.50 Å². The van der Waals surface area contributed by atoms with Gasteiger partial charge in [0.1, 0.15) is 35.2 Å². The van der Waals surface area contributed by atoms with Crippen LogP contribution in [0.3, 0.4) is 0 Å². The fraction of sp³-hybridized carbons (Fsp3) is 0.457. The summed E-state index contributed by atoms with van der Waals surface area (Å²) in [6, 6.07) is 6.67. The number of methoxy groups -OCH3 is 1. The Balaban J connectivity index is 1.25. The van der Waals surface area contributed by atoms with E-state index in [2.05, 4.69) is 31.0 Å². The summed E-state index contributed by atoms with van der Waals surface area (Å²) in [5.41, 5.74) is -0.0178. The van der Waals surface area contributed by atoms with Gasteiger partial charge in [0.25, 0.3) is 0 Å². The molecule has 2 N–H and O–H groups in total. The van der Waals surface area contributed by atoms with Gasteiger partial charge >= 0.3 is 6.01 Å². The Labute approximate surface area is 265 Å². The number of phenols is 1. The Kier molecular flexibility index (Phi) is 7.20. The molecule has 4 aliphatic heterocycles. The van der Waals surface area contributed by atoms with Gasteiger partial charge in [-0.3, -0.25) is 9.88 Å². The van der Waals surface area contributed by atoms with E-state index < -0.39 is 11.6 Å². The average molecular weight is 627 g/mol. The van der Waals surface area contributed by atoms with E-state index in [4.69, 9.17) is 20.9 Å². The Morgan fingerprint density at radius 2 is 1.96 bits per heavy atom. The number of hydrogen-bond donors (Lipinski definition) is 2. The molecule has 11 heteroatoms. The number of anilines is 1. The number of terminal acetylenes is 1. The van der Waals surface area contributed by atoms with Crippen LogP contribution in [0.1, 0.15) is 44.1 Å². The number of aromatic hydroxyl groups is 1. The number of rotatable bonds is 7. The molecule has 0 aliphatic carbocycles. The Morgan fingerprint density at radius 3 is 2.74 bits per heavy atom. The number of halogens is 2. The van der Waals surface area contributed by atoms with Crippen molar-refractivity contribution in [1.82, 2.24) is 25.2 Å². The summed E-state index contributed by atoms with van der Waals surface area (Å²) in [4.78, 5) is 18.8. The van der Waals surface area contributed by atoms with Gasteiger partial charge in [-0.05, 0) is 68.7 Å². The van der Waals surface area contributed by atoms with E-state index >= 15 is 4.39 Å². The van der Waals surface area contributed by atoms with Gasteiger partial charge < -0.3 is 24.8 Å². The zero-order valence-corrected chi connectivity index (χ0v) is 25.7. The van der Waals surface area contributed by atoms with Crippen molar-refractivity contribution in [1.29, 1.82) is 0 Å². The maximum absolute atomic E-state index is 16.8. The summed E-state index contributed by atoms with van der Waals surface area (Å²) < 4.78 is 43.6. The fourth-order valence-electron chi connectivity index (χ4n) is 8.42. The van der Waals surface area contributed by atoms with Crippen LogP contribution in [0, 0.1) is 24.0 Å². The zero-order valence-electron chi connectivity index (χ0n) is 25.7. The molecule has 4 atom stereocenters. The van der Waals surface area contributed by atoms with Crippen LogP contribution in [0.25, 0.3) is 32.9 Å². The molecule has 4 unspecified atom stereocenters. The topological polar surface area (TPSA) is 95.9 Å². The molecule has 0 spiro atoms. The van der Waals surface area contributed by atoms with Gasteiger partial charge in [-0.15, -0.1) is 6.42 Å². The number of ether oxygens (including phenoxy) is 2. The second-order valence-electron chi connectivity index (χ2n) is 13.2. The van der Waals surface area contributed by atoms with Gasteiger partial charge in [0.15, 0.2) is 5.82 Å². The molecule has 0 radical (unpaired) electrons. The van der Waals surface area contributed by atoms with Crippen LogP contribution in [0.5, 0.6) is 11.8 Å². The largest absolute Gasteiger partial charge is 0.508 e. The van der Waals surface area contributed by atoms with Gasteiger partial charge in [0.2, 0.25) is 0 Å². The van der Waals surface area contributed by atoms with Crippen molar-refractivity contribution in [3.63, 3.8) is 0 Å². The molecule has 2 aromatic heterocycles. The van der Waals surface area contributed by atoms with Gasteiger partial charge in [-0.25, -0.2) is 8.78 Å². The van der Waals surface area contributed by atoms with Gasteiger partial charge in [-0.2, -0.15) is 9.97 Å². The van der Waals surface area contributed by atoms with Crippen LogP contribution < -0.4 is 15.0 Å². The maximum Gasteiger partial charge on any atom is 0.319 e. The Morgan fingerprint density at radius 1 is 1.13 bits per heavy atom. The Bertz CT molecular complexity index is 1890. The highest BCUT2D eigenvalue weighted by molar-refractivity contribution is 6.03. The highest BCUT2D eigenvalue weighted by atomic mass is 19.1. The standard InChI is InChI=1S/C35H36F2N6O3/c1-3-25-28(36)8-5-20-13-24(44)14-26(29(20)25)31-30(37)32-27(15-38-31)33(42-16-21-6-7-22(17-42)39-21)41-34(40-32)46-19-35-10-4-12-43(35)23(9-11-35)18-45-2/h1,5,8,13-15,21-23,39,44H,4,6-7,9-12,16-19H2,2H3. The zero-order chi connectivity index (χ0) is 31.6. The molecule has 6 heterocycles. The smallest absolute Gasteiger partial charge is 0.319 e. The van der Waals surface area contributed by atoms with Crippen LogP contribution in [0.4, 0.5) is 14.6 Å². The molecule has 46 heavy (non-hydrogen) atoms. The number of piperazine rings is 1. The fourth-order valence-corrected chi connectivity index (χ4v) is 8.42. The predicted molar refractivity (Wildman–Crippen MR) is 171 cm³/mol. The molecule has 8 rings (SSSR count). The second-order valence-corrected chi connectivity index (χ2v) is 13.2. The van der Waals surface area contributed by atoms with Crippen molar-refractivity contribution in [2.24, 2.45) is 0 Å². The lowest BCUT2D eigenvalue weighted by Crippen LogP contribution is -2.51. The first-order chi connectivity index (χ1) is 22.4. The quantitative estimate of drug-likeness (QED) is 0.281. The number of aromatic nitrogens is 3. The van der Waals surface area contributed by atoms with Crippen LogP contribution in [0.15, 0.2) is 30.5 Å². The highest BCUT2D eigenvalue weighted by Crippen LogP contribution is 2.43. The van der Waals surface area contributed by atoms with Crippen molar-refractivity contribution in [2.45, 2.75) is 62.2 Å². The van der Waals surface area contributed by atoms with Crippen molar-refractivity contribution < 1.29 is 23.4 Å². The molecule has 4 aromatic rings. The first-order valence-electron chi connectivity index (χ1n) is 16.1. The predicted octanol–water partition coefficient (Wildman–Crippen LogP) is 4.77. The van der Waals surface area contributed by atoms with Crippen molar-refractivity contribution in [2.75, 3.05) is 44.9 Å². The number of benzene rings is 2. The molecule has 9 nitrogen and oxygen atoms in total. The van der Waals surface area contributed by atoms with Crippen molar-refractivity contribution in [3.8, 4) is 35.4 Å². The summed E-state index contributed by atoms with van der Waals surface area (Å²) in [6.07, 6.45) is 13.5. The summed E-state index contributed by atoms with van der Waals surface area (Å²) in [5, 5.41) is 15.4. The van der Waals surface area contributed by atoms with Crippen LogP contribution >= 0.6 is 0 Å². The van der Waals surface area contributed by atoms with E-state index in [-0.39, 0.29) is 39.6 Å². The number of fused-ring (bicyclic) bond motifs is 5. The number of phenolic OH excluding ortho intramolecular Hbond substituents is 1. The third-order valence-electron chi connectivity index (χ3n) is 10.5. The molecule has 0 amide bonds. The lowest BCUT2D eigenvalue weighted by atomic mass is 9.95. The number of pyridine rings is 1. The first-order valence-corrected chi connectivity index (χ1v) is 16.1. The van der Waals surface area contributed by atoms with Crippen LogP contribution in [0.2, 0.25) is 0 Å². The molecule has 4 aliphatic rings. The maximum atomic E-state index is 16.8. The summed E-state index contributed by atoms with van der Waals surface area (Å²) >= 11 is 0. The third-order valence-corrected chi connectivity index (χ3v) is 10.5. The number of nitrogens with zero attached hydrogens (tertiary/aromatic N) is 5. The van der Waals surface area contributed by atoms with Gasteiger partial charge in [0, 0.05) is 55.5 Å². The third kappa shape index (κ3) is 4.73. The molecule has 238 valence electrons. The summed E-state index contributed by atoms with van der Waals surface area (Å²) in [5.74, 6) is 1.52. The SMILES string of the molecule is C#Cc1c(F)ccc2cc(O)cc(-c3ncc4c(N5CC6CCC(C5)N6)nc(OCC56CCCN5C(COC)CC6)nc4c3F)c12. The minimum atomic E-state index is -0.718. The molecule has 2 aromatic carbocycles. The van der Waals surface area contributed by atoms with Crippen molar-refractivity contribution in [3.05, 3.63) is 47.7 Å². The van der Waals surface area contributed by atoms with E-state index in [0.29, 0.717) is 53.3 Å². The van der Waals surface area contributed by atoms with E-state index in [0.717, 1.165) is 58.2 Å². The number of hydrogen-bond acceptors (Lipinski definition) is 9. The minimum Gasteiger partial charge on any atom is -0.508 e. The molecule has 0 saturated carbocycles. The average Bonchev–Trinajstić information content (AvgIpc) is 3.73. The molecular formula is C35H36F2N6O3. The lowest BCUT2D eigenvalue weighted by molar-refractivity contribution is 0.0521. The van der Waals surface area contributed by atoms with Gasteiger partial charge in [-0.1, -0.05) is 12.0 Å². The van der Waals surface area contributed by atoms with Crippen LogP contribution in [-0.4, -0.2) is 88.6 Å². The Hall–Kier alpha value is -4.11. The monoisotopic (exact) mass is 626 g/mol. The lowest BCUT2D eigenvalue weighted by Gasteiger charge is -2.35. The van der Waals surface area contributed by atoms with E-state index in [1.54, 1.807) is 13.3 Å². The normalized spacial score (nSPS) is 25.8. The van der Waals surface area contributed by atoms with Crippen molar-refractivity contribution >= 4 is 27.5 Å². The summed E-state index contributed by atoms with van der Waals surface area (Å²) in [6.45, 7) is 3.52.